The summed E-state index contributed by atoms with van der Waals surface area (Å²) in [5, 5.41) is 4.70. The number of fused-ring (bicyclic) bond motifs is 1. The second-order valence-electron chi connectivity index (χ2n) is 4.39. The first-order valence-corrected chi connectivity index (χ1v) is 7.20. The molecule has 0 fully saturated rings. The van der Waals surface area contributed by atoms with Crippen LogP contribution in [0, 0.1) is 5.92 Å². The summed E-state index contributed by atoms with van der Waals surface area (Å²) in [5.74, 6) is 0.796. The minimum Gasteiger partial charge on any atom is -0.310 e. The molecule has 0 unspecified atom stereocenters. The first-order valence-electron chi connectivity index (χ1n) is 6.38. The Morgan fingerprint density at radius 2 is 2.00 bits per heavy atom. The quantitative estimate of drug-likeness (QED) is 0.840. The van der Waals surface area contributed by atoms with Crippen LogP contribution in [-0.4, -0.2) is 11.5 Å². The van der Waals surface area contributed by atoms with Crippen molar-refractivity contribution in [3.05, 3.63) is 29.3 Å². The first kappa shape index (κ1) is 12.5. The monoisotopic (exact) mass is 248 g/mol. The average Bonchev–Trinajstić information content (AvgIpc) is 2.77. The van der Waals surface area contributed by atoms with Gasteiger partial charge in [0.25, 0.3) is 0 Å². The summed E-state index contributed by atoms with van der Waals surface area (Å²) in [4.78, 5) is 4.62. The van der Waals surface area contributed by atoms with Gasteiger partial charge in [0, 0.05) is 6.54 Å². The molecule has 92 valence electrons. The van der Waals surface area contributed by atoms with E-state index in [1.54, 1.807) is 11.3 Å². The van der Waals surface area contributed by atoms with Crippen LogP contribution in [0.3, 0.4) is 0 Å². The largest absolute Gasteiger partial charge is 0.310 e. The van der Waals surface area contributed by atoms with E-state index >= 15 is 0 Å². The summed E-state index contributed by atoms with van der Waals surface area (Å²) >= 11 is 1.79. The van der Waals surface area contributed by atoms with Crippen LogP contribution in [0.4, 0.5) is 0 Å². The smallest absolute Gasteiger partial charge is 0.108 e. The number of hydrogen-bond acceptors (Lipinski definition) is 3. The zero-order chi connectivity index (χ0) is 12.1. The van der Waals surface area contributed by atoms with E-state index in [4.69, 9.17) is 0 Å². The van der Waals surface area contributed by atoms with E-state index in [1.165, 1.54) is 22.5 Å². The summed E-state index contributed by atoms with van der Waals surface area (Å²) in [6, 6.07) is 8.33. The Kier molecular flexibility index (Phi) is 4.51. The molecule has 0 spiro atoms. The summed E-state index contributed by atoms with van der Waals surface area (Å²) in [6.07, 6.45) is 2.51. The van der Waals surface area contributed by atoms with Crippen LogP contribution >= 0.6 is 11.3 Å². The molecule has 0 saturated carbocycles. The van der Waals surface area contributed by atoms with E-state index in [1.807, 2.05) is 6.07 Å². The van der Waals surface area contributed by atoms with Gasteiger partial charge in [0.2, 0.25) is 0 Å². The van der Waals surface area contributed by atoms with Crippen molar-refractivity contribution in [1.29, 1.82) is 0 Å². The van der Waals surface area contributed by atoms with Crippen molar-refractivity contribution in [1.82, 2.24) is 10.3 Å². The van der Waals surface area contributed by atoms with Crippen LogP contribution in [0.15, 0.2) is 24.3 Å². The number of thiazole rings is 1. The fourth-order valence-corrected chi connectivity index (χ4v) is 2.89. The van der Waals surface area contributed by atoms with Crippen LogP contribution in [0.25, 0.3) is 10.2 Å². The van der Waals surface area contributed by atoms with Crippen molar-refractivity contribution >= 4 is 21.6 Å². The van der Waals surface area contributed by atoms with Gasteiger partial charge < -0.3 is 5.32 Å². The number of hydrogen-bond donors (Lipinski definition) is 1. The van der Waals surface area contributed by atoms with E-state index in [-0.39, 0.29) is 0 Å². The van der Waals surface area contributed by atoms with Gasteiger partial charge in [-0.3, -0.25) is 0 Å². The predicted octanol–water partition coefficient (Wildman–Crippen LogP) is 3.82. The van der Waals surface area contributed by atoms with Crippen molar-refractivity contribution in [3.8, 4) is 0 Å². The molecule has 0 aliphatic heterocycles. The Labute approximate surface area is 107 Å². The molecule has 1 aromatic heterocycles. The minimum absolute atomic E-state index is 0.796. The van der Waals surface area contributed by atoms with Crippen LogP contribution in [0.1, 0.15) is 31.7 Å². The maximum absolute atomic E-state index is 4.62. The van der Waals surface area contributed by atoms with E-state index in [0.717, 1.165) is 24.5 Å². The lowest BCUT2D eigenvalue weighted by Gasteiger charge is -2.11. The maximum Gasteiger partial charge on any atom is 0.108 e. The van der Waals surface area contributed by atoms with Crippen molar-refractivity contribution in [2.45, 2.75) is 33.2 Å². The van der Waals surface area contributed by atoms with Gasteiger partial charge in [0.1, 0.15) is 5.01 Å². The third-order valence-corrected chi connectivity index (χ3v) is 4.24. The fourth-order valence-electron chi connectivity index (χ4n) is 1.96. The first-order chi connectivity index (χ1) is 8.33. The molecule has 0 radical (unpaired) electrons. The van der Waals surface area contributed by atoms with Crippen molar-refractivity contribution < 1.29 is 0 Å². The summed E-state index contributed by atoms with van der Waals surface area (Å²) in [7, 11) is 0. The highest BCUT2D eigenvalue weighted by Gasteiger charge is 2.05. The number of rotatable bonds is 6. The van der Waals surface area contributed by atoms with Gasteiger partial charge in [-0.2, -0.15) is 0 Å². The Bertz CT molecular complexity index is 427. The molecule has 0 saturated heterocycles. The Balaban J connectivity index is 1.90. The molecule has 1 heterocycles. The molecule has 0 aliphatic carbocycles. The van der Waals surface area contributed by atoms with Crippen LogP contribution < -0.4 is 5.32 Å². The lowest BCUT2D eigenvalue weighted by Crippen LogP contribution is -2.21. The number of nitrogens with zero attached hydrogens (tertiary/aromatic N) is 1. The second kappa shape index (κ2) is 6.12. The number of aromatic nitrogens is 1. The molecule has 2 aromatic rings. The highest BCUT2D eigenvalue weighted by atomic mass is 32.1. The predicted molar refractivity (Wildman–Crippen MR) is 75.4 cm³/mol. The standard InChI is InChI=1S/C14H20N2S/c1-3-11(4-2)9-15-10-14-16-12-7-5-6-8-13(12)17-14/h5-8,11,15H,3-4,9-10H2,1-2H3. The van der Waals surface area contributed by atoms with Crippen LogP contribution in [0.2, 0.25) is 0 Å². The highest BCUT2D eigenvalue weighted by Crippen LogP contribution is 2.21. The number of benzene rings is 1. The summed E-state index contributed by atoms with van der Waals surface area (Å²) < 4.78 is 1.28. The van der Waals surface area contributed by atoms with Crippen LogP contribution in [0.5, 0.6) is 0 Å². The average molecular weight is 248 g/mol. The lowest BCUT2D eigenvalue weighted by molar-refractivity contribution is 0.449. The lowest BCUT2D eigenvalue weighted by atomic mass is 10.0. The summed E-state index contributed by atoms with van der Waals surface area (Å²) in [5.41, 5.74) is 1.12. The molecule has 1 aromatic carbocycles. The van der Waals surface area contributed by atoms with Gasteiger partial charge in [-0.1, -0.05) is 38.8 Å². The third kappa shape index (κ3) is 3.27. The molecule has 0 atom stereocenters. The van der Waals surface area contributed by atoms with Gasteiger partial charge in [-0.15, -0.1) is 11.3 Å². The molecule has 17 heavy (non-hydrogen) atoms. The van der Waals surface area contributed by atoms with Gasteiger partial charge in [-0.05, 0) is 24.6 Å². The molecule has 3 heteroatoms. The number of nitrogens with one attached hydrogen (secondary N) is 1. The highest BCUT2D eigenvalue weighted by molar-refractivity contribution is 7.18. The van der Waals surface area contributed by atoms with Crippen LogP contribution in [-0.2, 0) is 6.54 Å². The normalized spacial score (nSPS) is 11.5. The fraction of sp³-hybridized carbons (Fsp3) is 0.500. The molecule has 2 rings (SSSR count). The molecule has 2 nitrogen and oxygen atoms in total. The molecule has 0 aliphatic rings. The van der Waals surface area contributed by atoms with Gasteiger partial charge in [0.05, 0.1) is 10.2 Å². The van der Waals surface area contributed by atoms with Gasteiger partial charge in [-0.25, -0.2) is 4.98 Å². The van der Waals surface area contributed by atoms with E-state index < -0.39 is 0 Å². The van der Waals surface area contributed by atoms with E-state index in [2.05, 4.69) is 42.3 Å². The minimum atomic E-state index is 0.796. The SMILES string of the molecule is CCC(CC)CNCc1nc2ccccc2s1. The Morgan fingerprint density at radius 1 is 1.24 bits per heavy atom. The molecule has 0 amide bonds. The van der Waals surface area contributed by atoms with Crippen molar-refractivity contribution in [2.75, 3.05) is 6.54 Å². The zero-order valence-electron chi connectivity index (χ0n) is 10.6. The Hall–Kier alpha value is -0.930. The zero-order valence-corrected chi connectivity index (χ0v) is 11.4. The van der Waals surface area contributed by atoms with E-state index in [9.17, 15) is 0 Å². The van der Waals surface area contributed by atoms with Gasteiger partial charge in [0.15, 0.2) is 0 Å². The van der Waals surface area contributed by atoms with E-state index in [0.29, 0.717) is 0 Å². The molecular weight excluding hydrogens is 228 g/mol. The topological polar surface area (TPSA) is 24.9 Å². The third-order valence-electron chi connectivity index (χ3n) is 3.20. The molecular formula is C14H20N2S. The molecule has 1 N–H and O–H groups in total. The van der Waals surface area contributed by atoms with Crippen molar-refractivity contribution in [2.24, 2.45) is 5.92 Å². The van der Waals surface area contributed by atoms with Crippen molar-refractivity contribution in [3.63, 3.8) is 0 Å². The van der Waals surface area contributed by atoms with Gasteiger partial charge >= 0.3 is 0 Å². The second-order valence-corrected chi connectivity index (χ2v) is 5.50. The number of para-hydroxylation sites is 1. The Morgan fingerprint density at radius 3 is 2.71 bits per heavy atom. The molecule has 0 bridgehead atoms. The summed E-state index contributed by atoms with van der Waals surface area (Å²) in [6.45, 7) is 6.51. The maximum atomic E-state index is 4.62.